The van der Waals surface area contributed by atoms with Crippen LogP contribution in [-0.2, 0) is 21.4 Å². The molecule has 192 valence electrons. The molecule has 5 rings (SSSR count). The number of rotatable bonds is 8. The molecule has 9 heteroatoms. The van der Waals surface area contributed by atoms with Crippen LogP contribution < -0.4 is 9.64 Å². The first-order valence-corrected chi connectivity index (χ1v) is 14.6. The van der Waals surface area contributed by atoms with Crippen molar-refractivity contribution in [3.05, 3.63) is 83.9 Å². The molecule has 37 heavy (non-hydrogen) atoms. The van der Waals surface area contributed by atoms with Gasteiger partial charge in [-0.25, -0.2) is 13.4 Å². The number of aryl methyl sites for hydroxylation is 1. The van der Waals surface area contributed by atoms with Gasteiger partial charge in [-0.2, -0.15) is 4.31 Å². The number of carbonyl (C=O) groups excluding carboxylic acids is 1. The summed E-state index contributed by atoms with van der Waals surface area (Å²) in [5.74, 6) is 0.396. The molecule has 1 aliphatic heterocycles. The molecule has 1 fully saturated rings. The third-order valence-electron chi connectivity index (χ3n) is 6.47. The van der Waals surface area contributed by atoms with Crippen LogP contribution in [0.5, 0.6) is 5.75 Å². The van der Waals surface area contributed by atoms with Crippen LogP contribution in [0.25, 0.3) is 10.2 Å². The van der Waals surface area contributed by atoms with E-state index in [-0.39, 0.29) is 10.8 Å². The minimum atomic E-state index is -3.83. The number of carbonyl (C=O) groups is 1. The van der Waals surface area contributed by atoms with Crippen LogP contribution in [0.3, 0.4) is 0 Å². The van der Waals surface area contributed by atoms with E-state index in [1.807, 2.05) is 62.4 Å². The highest BCUT2D eigenvalue weighted by molar-refractivity contribution is 7.89. The van der Waals surface area contributed by atoms with Crippen molar-refractivity contribution in [3.63, 3.8) is 0 Å². The summed E-state index contributed by atoms with van der Waals surface area (Å²) in [4.78, 5) is 20.8. The number of nitrogens with zero attached hydrogens (tertiary/aromatic N) is 3. The lowest BCUT2D eigenvalue weighted by atomic mass is 10.1. The summed E-state index contributed by atoms with van der Waals surface area (Å²) < 4.78 is 35.1. The first-order valence-electron chi connectivity index (χ1n) is 12.3. The summed E-state index contributed by atoms with van der Waals surface area (Å²) in [5, 5.41) is 0.524. The van der Waals surface area contributed by atoms with Gasteiger partial charge < -0.3 is 4.74 Å². The van der Waals surface area contributed by atoms with E-state index in [4.69, 9.17) is 9.72 Å². The summed E-state index contributed by atoms with van der Waals surface area (Å²) in [5.41, 5.74) is 2.61. The number of sulfonamides is 1. The molecule has 0 saturated carbocycles. The number of para-hydroxylation sites is 1. The lowest BCUT2D eigenvalue weighted by Gasteiger charge is -2.28. The van der Waals surface area contributed by atoms with Crippen molar-refractivity contribution in [1.29, 1.82) is 0 Å². The molecule has 2 heterocycles. The SMILES string of the molecule is CCOc1cccc2sc(N(Cc3ccccc3)C(=O)C3CCCN3S(=O)(=O)c3ccc(C)cc3)nc12. The molecule has 0 aliphatic carbocycles. The topological polar surface area (TPSA) is 79.8 Å². The van der Waals surface area contributed by atoms with E-state index in [2.05, 4.69) is 0 Å². The zero-order valence-electron chi connectivity index (χ0n) is 20.8. The Kier molecular flexibility index (Phi) is 7.28. The van der Waals surface area contributed by atoms with Gasteiger partial charge in [0.05, 0.1) is 22.7 Å². The molecule has 4 aromatic rings. The van der Waals surface area contributed by atoms with Crippen LogP contribution in [0.15, 0.2) is 77.7 Å². The maximum absolute atomic E-state index is 14.1. The lowest BCUT2D eigenvalue weighted by Crippen LogP contribution is -2.47. The molecule has 1 amide bonds. The van der Waals surface area contributed by atoms with Gasteiger partial charge in [-0.05, 0) is 56.5 Å². The Hall–Kier alpha value is -3.27. The molecule has 0 bridgehead atoms. The molecule has 1 unspecified atom stereocenters. The number of thiazole rings is 1. The molecule has 1 saturated heterocycles. The van der Waals surface area contributed by atoms with Crippen LogP contribution >= 0.6 is 11.3 Å². The summed E-state index contributed by atoms with van der Waals surface area (Å²) in [6.07, 6.45) is 1.08. The molecule has 0 radical (unpaired) electrons. The second-order valence-electron chi connectivity index (χ2n) is 9.03. The van der Waals surface area contributed by atoms with Crippen molar-refractivity contribution in [2.75, 3.05) is 18.1 Å². The Labute approximate surface area is 221 Å². The molecule has 7 nitrogen and oxygen atoms in total. The summed E-state index contributed by atoms with van der Waals surface area (Å²) in [6.45, 7) is 4.93. The standard InChI is InChI=1S/C28H29N3O4S2/c1-3-35-24-12-7-13-25-26(24)29-28(36-25)30(19-21-9-5-4-6-10-21)27(32)23-11-8-18-31(23)37(33,34)22-16-14-20(2)15-17-22/h4-7,9-10,12-17,23H,3,8,11,18-19H2,1-2H3. The Bertz CT molecular complexity index is 1500. The van der Waals surface area contributed by atoms with Crippen LogP contribution in [0.1, 0.15) is 30.9 Å². The third-order valence-corrected chi connectivity index (χ3v) is 9.43. The second kappa shape index (κ2) is 10.6. The van der Waals surface area contributed by atoms with Gasteiger partial charge >= 0.3 is 0 Å². The zero-order chi connectivity index (χ0) is 26.0. The van der Waals surface area contributed by atoms with E-state index in [0.29, 0.717) is 48.9 Å². The number of hydrogen-bond acceptors (Lipinski definition) is 6. The fourth-order valence-corrected chi connectivity index (χ4v) is 7.24. The van der Waals surface area contributed by atoms with Crippen LogP contribution in [0, 0.1) is 6.92 Å². The van der Waals surface area contributed by atoms with Gasteiger partial charge in [0.25, 0.3) is 0 Å². The van der Waals surface area contributed by atoms with Gasteiger partial charge in [0, 0.05) is 6.54 Å². The number of benzene rings is 3. The summed E-state index contributed by atoms with van der Waals surface area (Å²) in [6, 6.07) is 21.4. The molecule has 1 atom stereocenters. The van der Waals surface area contributed by atoms with Crippen LogP contribution in [0.4, 0.5) is 5.13 Å². The Balaban J connectivity index is 1.53. The highest BCUT2D eigenvalue weighted by Gasteiger charge is 2.42. The maximum Gasteiger partial charge on any atom is 0.247 e. The summed E-state index contributed by atoms with van der Waals surface area (Å²) in [7, 11) is -3.83. The largest absolute Gasteiger partial charge is 0.492 e. The number of anilines is 1. The van der Waals surface area contributed by atoms with E-state index in [1.54, 1.807) is 29.2 Å². The third kappa shape index (κ3) is 5.12. The lowest BCUT2D eigenvalue weighted by molar-refractivity contribution is -0.121. The first kappa shape index (κ1) is 25.4. The Morgan fingerprint density at radius 1 is 1.08 bits per heavy atom. The number of amides is 1. The fraction of sp³-hybridized carbons (Fsp3) is 0.286. The minimum Gasteiger partial charge on any atom is -0.492 e. The molecule has 0 N–H and O–H groups in total. The second-order valence-corrected chi connectivity index (χ2v) is 11.9. The Morgan fingerprint density at radius 3 is 2.57 bits per heavy atom. The molecule has 1 aromatic heterocycles. The van der Waals surface area contributed by atoms with Crippen LogP contribution in [-0.4, -0.2) is 42.8 Å². The van der Waals surface area contributed by atoms with Crippen molar-refractivity contribution in [2.45, 2.75) is 44.2 Å². The van der Waals surface area contributed by atoms with Crippen molar-refractivity contribution in [1.82, 2.24) is 9.29 Å². The van der Waals surface area contributed by atoms with Gasteiger partial charge in [0.15, 0.2) is 5.13 Å². The van der Waals surface area contributed by atoms with E-state index >= 15 is 0 Å². The highest BCUT2D eigenvalue weighted by Crippen LogP contribution is 2.36. The smallest absolute Gasteiger partial charge is 0.247 e. The minimum absolute atomic E-state index is 0.203. The van der Waals surface area contributed by atoms with Gasteiger partial charge in [-0.1, -0.05) is 65.4 Å². The quantitative estimate of drug-likeness (QED) is 0.302. The van der Waals surface area contributed by atoms with Crippen LogP contribution in [0.2, 0.25) is 0 Å². The van der Waals surface area contributed by atoms with E-state index in [1.165, 1.54) is 15.6 Å². The van der Waals surface area contributed by atoms with Crippen molar-refractivity contribution >= 4 is 42.6 Å². The molecule has 1 aliphatic rings. The van der Waals surface area contributed by atoms with Gasteiger partial charge in [0.2, 0.25) is 15.9 Å². The van der Waals surface area contributed by atoms with Crippen molar-refractivity contribution in [2.24, 2.45) is 0 Å². The molecular formula is C28H29N3O4S2. The predicted molar refractivity (Wildman–Crippen MR) is 147 cm³/mol. The number of fused-ring (bicyclic) bond motifs is 1. The van der Waals surface area contributed by atoms with Crippen molar-refractivity contribution in [3.8, 4) is 5.75 Å². The average Bonchev–Trinajstić information content (AvgIpc) is 3.57. The number of hydrogen-bond donors (Lipinski definition) is 0. The predicted octanol–water partition coefficient (Wildman–Crippen LogP) is 5.39. The van der Waals surface area contributed by atoms with Gasteiger partial charge in [0.1, 0.15) is 17.3 Å². The average molecular weight is 536 g/mol. The number of ether oxygens (including phenoxy) is 1. The molecule has 0 spiro atoms. The monoisotopic (exact) mass is 535 g/mol. The van der Waals surface area contributed by atoms with Crippen molar-refractivity contribution < 1.29 is 17.9 Å². The van der Waals surface area contributed by atoms with E-state index in [0.717, 1.165) is 15.8 Å². The van der Waals surface area contributed by atoms with Gasteiger partial charge in [-0.15, -0.1) is 0 Å². The molecular weight excluding hydrogens is 506 g/mol. The highest BCUT2D eigenvalue weighted by atomic mass is 32.2. The number of aromatic nitrogens is 1. The first-order chi connectivity index (χ1) is 17.9. The Morgan fingerprint density at radius 2 is 1.84 bits per heavy atom. The molecule has 3 aromatic carbocycles. The van der Waals surface area contributed by atoms with E-state index in [9.17, 15) is 13.2 Å². The maximum atomic E-state index is 14.1. The normalized spacial score (nSPS) is 16.2. The fourth-order valence-electron chi connectivity index (χ4n) is 4.60. The zero-order valence-corrected chi connectivity index (χ0v) is 22.5. The van der Waals surface area contributed by atoms with E-state index < -0.39 is 16.1 Å². The summed E-state index contributed by atoms with van der Waals surface area (Å²) >= 11 is 1.40. The van der Waals surface area contributed by atoms with Gasteiger partial charge in [-0.3, -0.25) is 9.69 Å².